The molecule has 2 aromatic carbocycles. The first kappa shape index (κ1) is 29.4. The molecule has 3 heterocycles. The summed E-state index contributed by atoms with van der Waals surface area (Å²) < 4.78 is 73.3. The van der Waals surface area contributed by atoms with Crippen molar-refractivity contribution in [2.45, 2.75) is 48.6 Å². The molecule has 1 saturated heterocycles. The van der Waals surface area contributed by atoms with Crippen molar-refractivity contribution in [1.82, 2.24) is 14.6 Å². The summed E-state index contributed by atoms with van der Waals surface area (Å²) in [6.07, 6.45) is -2.40. The van der Waals surface area contributed by atoms with Gasteiger partial charge in [0.05, 0.1) is 12.0 Å². The molecular formula is C27H27F3N4O7S. The second-order valence-electron chi connectivity index (χ2n) is 10.0. The number of carbonyl (C=O) groups excluding carboxylic acids is 2. The lowest BCUT2D eigenvalue weighted by molar-refractivity contribution is -0.274. The summed E-state index contributed by atoms with van der Waals surface area (Å²) >= 11 is 0. The Hall–Kier alpha value is -4.11. The Morgan fingerprint density at radius 2 is 1.83 bits per heavy atom. The monoisotopic (exact) mass is 608 g/mol. The van der Waals surface area contributed by atoms with Gasteiger partial charge < -0.3 is 24.6 Å². The number of fused-ring (bicyclic) bond motifs is 1. The highest BCUT2D eigenvalue weighted by atomic mass is 32.2. The van der Waals surface area contributed by atoms with Gasteiger partial charge in [0.1, 0.15) is 23.1 Å². The van der Waals surface area contributed by atoms with E-state index in [2.05, 4.69) is 20.2 Å². The number of oxime groups is 1. The zero-order valence-electron chi connectivity index (χ0n) is 22.3. The number of aromatic amines is 1. The van der Waals surface area contributed by atoms with E-state index >= 15 is 0 Å². The maximum absolute atomic E-state index is 13.1. The molecule has 0 aliphatic carbocycles. The smallest absolute Gasteiger partial charge is 0.467 e. The van der Waals surface area contributed by atoms with Crippen molar-refractivity contribution in [3.63, 3.8) is 0 Å². The van der Waals surface area contributed by atoms with Crippen LogP contribution in [0.5, 0.6) is 5.75 Å². The number of amides is 1. The molecule has 0 saturated carbocycles. The van der Waals surface area contributed by atoms with Gasteiger partial charge in [-0.3, -0.25) is 4.79 Å². The molecule has 11 nitrogen and oxygen atoms in total. The molecule has 42 heavy (non-hydrogen) atoms. The van der Waals surface area contributed by atoms with Gasteiger partial charge in [-0.05, 0) is 35.9 Å². The summed E-state index contributed by atoms with van der Waals surface area (Å²) in [7, 11) is -2.77. The molecule has 0 radical (unpaired) electrons. The fourth-order valence-electron chi connectivity index (χ4n) is 5.11. The van der Waals surface area contributed by atoms with Gasteiger partial charge in [-0.1, -0.05) is 23.4 Å². The first-order chi connectivity index (χ1) is 19.9. The van der Waals surface area contributed by atoms with Crippen LogP contribution in [0.4, 0.5) is 13.2 Å². The Labute approximate surface area is 238 Å². The molecule has 1 fully saturated rings. The van der Waals surface area contributed by atoms with Crippen molar-refractivity contribution in [2.75, 3.05) is 20.2 Å². The third kappa shape index (κ3) is 6.21. The minimum absolute atomic E-state index is 0.0406. The molecule has 15 heteroatoms. The van der Waals surface area contributed by atoms with Crippen molar-refractivity contribution in [3.05, 3.63) is 60.3 Å². The lowest BCUT2D eigenvalue weighted by atomic mass is 9.87. The summed E-state index contributed by atoms with van der Waals surface area (Å²) in [4.78, 5) is 34.2. The maximum atomic E-state index is 13.1. The number of benzene rings is 2. The molecule has 0 bridgehead atoms. The van der Waals surface area contributed by atoms with Crippen LogP contribution in [0.2, 0.25) is 0 Å². The Morgan fingerprint density at radius 3 is 2.50 bits per heavy atom. The highest BCUT2D eigenvalue weighted by Gasteiger charge is 2.46. The zero-order chi connectivity index (χ0) is 30.1. The van der Waals surface area contributed by atoms with Gasteiger partial charge in [-0.25, -0.2) is 13.2 Å². The Morgan fingerprint density at radius 1 is 1.14 bits per heavy atom. The van der Waals surface area contributed by atoms with E-state index < -0.39 is 45.7 Å². The minimum atomic E-state index is -4.89. The number of hydrogen-bond donors (Lipinski definition) is 2. The zero-order valence-corrected chi connectivity index (χ0v) is 23.1. The summed E-state index contributed by atoms with van der Waals surface area (Å²) in [5.74, 6) is -1.75. The van der Waals surface area contributed by atoms with Crippen molar-refractivity contribution in [3.8, 4) is 5.75 Å². The van der Waals surface area contributed by atoms with E-state index in [1.54, 1.807) is 6.20 Å². The van der Waals surface area contributed by atoms with E-state index in [-0.39, 0.29) is 49.4 Å². The third-order valence-electron chi connectivity index (χ3n) is 7.32. The molecule has 3 aromatic rings. The number of carbonyl (C=O) groups is 2. The van der Waals surface area contributed by atoms with Gasteiger partial charge in [-0.15, -0.1) is 13.2 Å². The number of alkyl halides is 3. The summed E-state index contributed by atoms with van der Waals surface area (Å²) in [5.41, 5.74) is 0.873. The number of piperidine rings is 1. The Kier molecular flexibility index (Phi) is 7.90. The van der Waals surface area contributed by atoms with Crippen LogP contribution in [0, 0.1) is 0 Å². The van der Waals surface area contributed by atoms with Crippen LogP contribution in [-0.4, -0.2) is 73.5 Å². The van der Waals surface area contributed by atoms with E-state index in [9.17, 15) is 31.2 Å². The Balaban J connectivity index is 1.19. The van der Waals surface area contributed by atoms with Crippen molar-refractivity contribution in [1.29, 1.82) is 0 Å². The number of rotatable bonds is 8. The SMILES string of the molecule is COC(=O)C(Cc1c[nH]c2ccccc12)NC(=O)C1=NOC2(CCN(S(=O)(=O)c3ccc(OC(F)(F)F)cc3)CC2)C1. The molecule has 2 aliphatic heterocycles. The van der Waals surface area contributed by atoms with Crippen LogP contribution in [0.3, 0.4) is 0 Å². The minimum Gasteiger partial charge on any atom is -0.467 e. The molecule has 1 amide bonds. The topological polar surface area (TPSA) is 139 Å². The summed E-state index contributed by atoms with van der Waals surface area (Å²) in [5, 5.41) is 7.55. The standard InChI is InChI=1S/C27H27F3N4O7S/c1-39-25(36)22(14-17-16-31-21-5-3-2-4-20(17)21)32-24(35)23-15-26(41-33-23)10-12-34(13-11-26)42(37,38)19-8-6-18(7-9-19)40-27(28,29)30/h2-9,16,22,31H,10-15H2,1H3,(H,32,35). The van der Waals surface area contributed by atoms with Gasteiger partial charge >= 0.3 is 12.3 Å². The summed E-state index contributed by atoms with van der Waals surface area (Å²) in [6, 6.07) is 10.5. The normalized spacial score (nSPS) is 17.9. The summed E-state index contributed by atoms with van der Waals surface area (Å²) in [6.45, 7) is 0.0812. The van der Waals surface area contributed by atoms with Crippen molar-refractivity contribution in [2.24, 2.45) is 5.16 Å². The first-order valence-corrected chi connectivity index (χ1v) is 14.4. The predicted molar refractivity (Wildman–Crippen MR) is 143 cm³/mol. The van der Waals surface area contributed by atoms with Crippen LogP contribution in [0.25, 0.3) is 10.9 Å². The van der Waals surface area contributed by atoms with Crippen molar-refractivity contribution >= 4 is 38.5 Å². The second kappa shape index (κ2) is 11.3. The van der Waals surface area contributed by atoms with Gasteiger partial charge in [0, 0.05) is 55.9 Å². The van der Waals surface area contributed by atoms with Crippen LogP contribution in [0.1, 0.15) is 24.8 Å². The highest BCUT2D eigenvalue weighted by Crippen LogP contribution is 2.36. The third-order valence-corrected chi connectivity index (χ3v) is 9.23. The van der Waals surface area contributed by atoms with E-state index in [1.165, 1.54) is 11.4 Å². The number of nitrogens with one attached hydrogen (secondary N) is 2. The number of halogens is 3. The van der Waals surface area contributed by atoms with E-state index in [4.69, 9.17) is 9.57 Å². The fraction of sp³-hybridized carbons (Fsp3) is 0.370. The van der Waals surface area contributed by atoms with E-state index in [0.717, 1.165) is 40.7 Å². The molecule has 1 atom stereocenters. The van der Waals surface area contributed by atoms with Gasteiger partial charge in [0.15, 0.2) is 0 Å². The lowest BCUT2D eigenvalue weighted by Crippen LogP contribution is -2.48. The number of esters is 1. The maximum Gasteiger partial charge on any atom is 0.573 e. The van der Waals surface area contributed by atoms with Crippen LogP contribution in [0.15, 0.2) is 64.8 Å². The molecule has 1 unspecified atom stereocenters. The molecule has 5 rings (SSSR count). The Bertz CT molecular complexity index is 1610. The fourth-order valence-corrected chi connectivity index (χ4v) is 6.55. The molecule has 1 aromatic heterocycles. The van der Waals surface area contributed by atoms with Crippen LogP contribution < -0.4 is 10.1 Å². The lowest BCUT2D eigenvalue weighted by Gasteiger charge is -2.36. The quantitative estimate of drug-likeness (QED) is 0.374. The van der Waals surface area contributed by atoms with E-state index in [1.807, 2.05) is 24.3 Å². The number of H-pyrrole nitrogens is 1. The second-order valence-corrected chi connectivity index (χ2v) is 12.0. The number of hydrogen-bond acceptors (Lipinski definition) is 8. The van der Waals surface area contributed by atoms with Crippen molar-refractivity contribution < 1.29 is 45.5 Å². The average molecular weight is 609 g/mol. The number of ether oxygens (including phenoxy) is 2. The number of methoxy groups -OCH3 is 1. The van der Waals surface area contributed by atoms with E-state index in [0.29, 0.717) is 0 Å². The molecule has 2 N–H and O–H groups in total. The van der Waals surface area contributed by atoms with Gasteiger partial charge in [0.25, 0.3) is 5.91 Å². The predicted octanol–water partition coefficient (Wildman–Crippen LogP) is 3.27. The van der Waals surface area contributed by atoms with Crippen LogP contribution >= 0.6 is 0 Å². The number of sulfonamides is 1. The van der Waals surface area contributed by atoms with Gasteiger partial charge in [0.2, 0.25) is 10.0 Å². The van der Waals surface area contributed by atoms with Gasteiger partial charge in [-0.2, -0.15) is 4.31 Å². The number of aromatic nitrogens is 1. The number of para-hydroxylation sites is 1. The largest absolute Gasteiger partial charge is 0.573 e. The number of nitrogens with zero attached hydrogens (tertiary/aromatic N) is 2. The molecule has 1 spiro atoms. The first-order valence-electron chi connectivity index (χ1n) is 12.9. The highest BCUT2D eigenvalue weighted by molar-refractivity contribution is 7.89. The molecule has 2 aliphatic rings. The van der Waals surface area contributed by atoms with Crippen LogP contribution in [-0.2, 0) is 35.6 Å². The average Bonchev–Trinajstić information content (AvgIpc) is 3.56. The molecule has 224 valence electrons. The molecular weight excluding hydrogens is 581 g/mol.